The molecule has 0 saturated heterocycles. The zero-order valence-corrected chi connectivity index (χ0v) is 11.1. The number of methoxy groups -OCH3 is 1. The van der Waals surface area contributed by atoms with Gasteiger partial charge in [0.2, 0.25) is 0 Å². The van der Waals surface area contributed by atoms with Crippen LogP contribution in [0.2, 0.25) is 0 Å². The van der Waals surface area contributed by atoms with Gasteiger partial charge in [0, 0.05) is 0 Å². The molecule has 0 saturated carbocycles. The molecule has 0 aliphatic heterocycles. The van der Waals surface area contributed by atoms with Crippen LogP contribution in [0.25, 0.3) is 12.2 Å². The predicted molar refractivity (Wildman–Crippen MR) is 77.9 cm³/mol. The summed E-state index contributed by atoms with van der Waals surface area (Å²) < 4.78 is 4.66. The third-order valence-electron chi connectivity index (χ3n) is 2.98. The lowest BCUT2D eigenvalue weighted by molar-refractivity contribution is 0.0601. The number of hydrogen-bond donors (Lipinski definition) is 0. The Morgan fingerprint density at radius 1 is 1.00 bits per heavy atom. The number of carbonyl (C=O) groups is 1. The van der Waals surface area contributed by atoms with Gasteiger partial charge >= 0.3 is 5.97 Å². The smallest absolute Gasteiger partial charge is 0.337 e. The summed E-state index contributed by atoms with van der Waals surface area (Å²) >= 11 is 0. The van der Waals surface area contributed by atoms with Crippen LogP contribution in [-0.2, 0) is 4.74 Å². The molecule has 0 spiro atoms. The second-order valence-corrected chi connectivity index (χ2v) is 4.30. The van der Waals surface area contributed by atoms with Crippen molar-refractivity contribution in [2.75, 3.05) is 7.11 Å². The highest BCUT2D eigenvalue weighted by molar-refractivity contribution is 5.89. The molecular weight excluding hydrogens is 236 g/mol. The molecule has 2 rings (SSSR count). The molecule has 0 aromatic heterocycles. The van der Waals surface area contributed by atoms with Gasteiger partial charge in [0.05, 0.1) is 12.7 Å². The highest BCUT2D eigenvalue weighted by Crippen LogP contribution is 2.13. The maximum Gasteiger partial charge on any atom is 0.337 e. The number of esters is 1. The van der Waals surface area contributed by atoms with E-state index < -0.39 is 0 Å². The van der Waals surface area contributed by atoms with Gasteiger partial charge in [0.15, 0.2) is 0 Å². The summed E-state index contributed by atoms with van der Waals surface area (Å²) in [6.07, 6.45) is 4.10. The van der Waals surface area contributed by atoms with Gasteiger partial charge in [-0.05, 0) is 35.7 Å². The molecule has 0 atom stereocenters. The van der Waals surface area contributed by atoms with Gasteiger partial charge in [-0.2, -0.15) is 0 Å². The van der Waals surface area contributed by atoms with E-state index in [-0.39, 0.29) is 5.97 Å². The Morgan fingerprint density at radius 3 is 2.32 bits per heavy atom. The summed E-state index contributed by atoms with van der Waals surface area (Å²) in [6.45, 7) is 2.08. The van der Waals surface area contributed by atoms with Crippen LogP contribution in [0.15, 0.2) is 48.5 Å². The van der Waals surface area contributed by atoms with Crippen LogP contribution in [0.3, 0.4) is 0 Å². The van der Waals surface area contributed by atoms with Gasteiger partial charge in [-0.25, -0.2) is 4.79 Å². The summed E-state index contributed by atoms with van der Waals surface area (Å²) in [5.74, 6) is -0.311. The second-order valence-electron chi connectivity index (χ2n) is 4.30. The quantitative estimate of drug-likeness (QED) is 0.610. The minimum Gasteiger partial charge on any atom is -0.465 e. The van der Waals surface area contributed by atoms with Crippen molar-refractivity contribution in [3.8, 4) is 0 Å². The Kier molecular flexibility index (Phi) is 4.14. The standard InChI is InChI=1S/C17H16O2/c1-13-5-3-4-6-15(13)10-7-14-8-11-16(12-9-14)17(18)19-2/h3-12H,1-2H3. The Morgan fingerprint density at radius 2 is 1.68 bits per heavy atom. The van der Waals surface area contributed by atoms with Crippen LogP contribution in [0.1, 0.15) is 27.0 Å². The average Bonchev–Trinajstić information content (AvgIpc) is 2.46. The van der Waals surface area contributed by atoms with E-state index in [1.807, 2.05) is 30.3 Å². The Hall–Kier alpha value is -2.35. The molecule has 0 radical (unpaired) electrons. The fourth-order valence-corrected chi connectivity index (χ4v) is 1.81. The zero-order valence-electron chi connectivity index (χ0n) is 11.1. The topological polar surface area (TPSA) is 26.3 Å². The van der Waals surface area contributed by atoms with Gasteiger partial charge in [-0.15, -0.1) is 0 Å². The van der Waals surface area contributed by atoms with Crippen molar-refractivity contribution in [3.05, 3.63) is 70.8 Å². The van der Waals surface area contributed by atoms with Crippen molar-refractivity contribution in [1.82, 2.24) is 0 Å². The fraction of sp³-hybridized carbons (Fsp3) is 0.118. The lowest BCUT2D eigenvalue weighted by atomic mass is 10.1. The van der Waals surface area contributed by atoms with E-state index in [2.05, 4.69) is 29.9 Å². The van der Waals surface area contributed by atoms with Crippen LogP contribution in [0.5, 0.6) is 0 Å². The van der Waals surface area contributed by atoms with E-state index in [4.69, 9.17) is 0 Å². The molecule has 0 heterocycles. The van der Waals surface area contributed by atoms with E-state index in [0.717, 1.165) is 5.56 Å². The normalized spacial score (nSPS) is 10.6. The fourth-order valence-electron chi connectivity index (χ4n) is 1.81. The van der Waals surface area contributed by atoms with Gasteiger partial charge in [-0.3, -0.25) is 0 Å². The molecular formula is C17H16O2. The van der Waals surface area contributed by atoms with Crippen molar-refractivity contribution >= 4 is 18.1 Å². The summed E-state index contributed by atoms with van der Waals surface area (Å²) in [4.78, 5) is 11.3. The summed E-state index contributed by atoms with van der Waals surface area (Å²) in [5.41, 5.74) is 4.05. The van der Waals surface area contributed by atoms with E-state index in [1.165, 1.54) is 18.2 Å². The molecule has 96 valence electrons. The minimum absolute atomic E-state index is 0.311. The first kappa shape index (κ1) is 13.1. The third kappa shape index (κ3) is 3.32. The predicted octanol–water partition coefficient (Wildman–Crippen LogP) is 3.95. The number of carbonyl (C=O) groups excluding carboxylic acids is 1. The van der Waals surface area contributed by atoms with Crippen molar-refractivity contribution in [2.24, 2.45) is 0 Å². The maximum atomic E-state index is 11.3. The lowest BCUT2D eigenvalue weighted by Crippen LogP contribution is -2.00. The first-order valence-corrected chi connectivity index (χ1v) is 6.13. The summed E-state index contributed by atoms with van der Waals surface area (Å²) in [5, 5.41) is 0. The van der Waals surface area contributed by atoms with Crippen LogP contribution < -0.4 is 0 Å². The first-order valence-electron chi connectivity index (χ1n) is 6.13. The van der Waals surface area contributed by atoms with Gasteiger partial charge in [-0.1, -0.05) is 48.6 Å². The molecule has 0 N–H and O–H groups in total. The molecule has 0 amide bonds. The number of benzene rings is 2. The molecule has 0 aliphatic carbocycles. The van der Waals surface area contributed by atoms with Crippen LogP contribution in [-0.4, -0.2) is 13.1 Å². The molecule has 19 heavy (non-hydrogen) atoms. The molecule has 2 nitrogen and oxygen atoms in total. The molecule has 2 aromatic rings. The molecule has 2 heteroatoms. The number of rotatable bonds is 3. The van der Waals surface area contributed by atoms with E-state index in [1.54, 1.807) is 12.1 Å². The van der Waals surface area contributed by atoms with E-state index in [9.17, 15) is 4.79 Å². The zero-order chi connectivity index (χ0) is 13.7. The number of ether oxygens (including phenoxy) is 1. The molecule has 0 aliphatic rings. The Labute approximate surface area is 113 Å². The Bertz CT molecular complexity index is 595. The highest BCUT2D eigenvalue weighted by Gasteiger charge is 2.03. The SMILES string of the molecule is COC(=O)c1ccc(C=Cc2ccccc2C)cc1. The van der Waals surface area contributed by atoms with Crippen molar-refractivity contribution in [1.29, 1.82) is 0 Å². The first-order chi connectivity index (χ1) is 9.20. The molecule has 0 unspecified atom stereocenters. The van der Waals surface area contributed by atoms with Crippen LogP contribution in [0, 0.1) is 6.92 Å². The number of aryl methyl sites for hydroxylation is 1. The average molecular weight is 252 g/mol. The van der Waals surface area contributed by atoms with E-state index >= 15 is 0 Å². The minimum atomic E-state index is -0.311. The maximum absolute atomic E-state index is 11.3. The molecule has 0 bridgehead atoms. The monoisotopic (exact) mass is 252 g/mol. The van der Waals surface area contributed by atoms with Crippen LogP contribution >= 0.6 is 0 Å². The van der Waals surface area contributed by atoms with Crippen molar-refractivity contribution in [3.63, 3.8) is 0 Å². The second kappa shape index (κ2) is 6.01. The highest BCUT2D eigenvalue weighted by atomic mass is 16.5. The number of hydrogen-bond acceptors (Lipinski definition) is 2. The largest absolute Gasteiger partial charge is 0.465 e. The van der Waals surface area contributed by atoms with Gasteiger partial charge < -0.3 is 4.74 Å². The van der Waals surface area contributed by atoms with Crippen LogP contribution in [0.4, 0.5) is 0 Å². The third-order valence-corrected chi connectivity index (χ3v) is 2.98. The van der Waals surface area contributed by atoms with Crippen molar-refractivity contribution < 1.29 is 9.53 Å². The molecule has 0 fully saturated rings. The summed E-state index contributed by atoms with van der Waals surface area (Å²) in [6, 6.07) is 15.5. The van der Waals surface area contributed by atoms with E-state index in [0.29, 0.717) is 5.56 Å². The van der Waals surface area contributed by atoms with Crippen molar-refractivity contribution in [2.45, 2.75) is 6.92 Å². The van der Waals surface area contributed by atoms with Gasteiger partial charge in [0.1, 0.15) is 0 Å². The Balaban J connectivity index is 2.16. The lowest BCUT2D eigenvalue weighted by Gasteiger charge is -2.00. The summed E-state index contributed by atoms with van der Waals surface area (Å²) in [7, 11) is 1.38. The van der Waals surface area contributed by atoms with Gasteiger partial charge in [0.25, 0.3) is 0 Å². The molecule has 2 aromatic carbocycles.